The molecule has 0 fully saturated rings. The van der Waals surface area contributed by atoms with Crippen molar-refractivity contribution in [3.05, 3.63) is 47.5 Å². The van der Waals surface area contributed by atoms with E-state index in [4.69, 9.17) is 0 Å². The van der Waals surface area contributed by atoms with Crippen molar-refractivity contribution < 1.29 is 9.18 Å². The molecule has 0 aliphatic carbocycles. The highest BCUT2D eigenvalue weighted by atomic mass is 19.1. The number of nitrogens with one attached hydrogen (secondary N) is 2. The van der Waals surface area contributed by atoms with Crippen LogP contribution in [0.15, 0.2) is 30.3 Å². The van der Waals surface area contributed by atoms with E-state index in [2.05, 4.69) is 20.6 Å². The van der Waals surface area contributed by atoms with Crippen molar-refractivity contribution in [2.24, 2.45) is 0 Å². The molecule has 0 spiro atoms. The molecule has 2 aromatic rings. The molecule has 0 atom stereocenters. The van der Waals surface area contributed by atoms with Crippen LogP contribution in [-0.4, -0.2) is 21.4 Å². The standard InChI is InChI=1S/C16H19FN4O/c1-10-8-13(20-15(18-10)21-16(2,3)4)14(22)19-12-7-5-6-11(17)9-12/h5-9H,1-4H3,(H,19,22)(H,18,20,21). The van der Waals surface area contributed by atoms with Gasteiger partial charge >= 0.3 is 0 Å². The first-order valence-electron chi connectivity index (χ1n) is 6.94. The highest BCUT2D eigenvalue weighted by Gasteiger charge is 2.15. The number of amides is 1. The molecule has 0 aliphatic heterocycles. The number of hydrogen-bond acceptors (Lipinski definition) is 4. The first kappa shape index (κ1) is 15.9. The van der Waals surface area contributed by atoms with Crippen molar-refractivity contribution in [1.82, 2.24) is 9.97 Å². The lowest BCUT2D eigenvalue weighted by Gasteiger charge is -2.20. The van der Waals surface area contributed by atoms with Crippen molar-refractivity contribution in [3.63, 3.8) is 0 Å². The summed E-state index contributed by atoms with van der Waals surface area (Å²) in [6.07, 6.45) is 0. The second-order valence-electron chi connectivity index (χ2n) is 6.06. The summed E-state index contributed by atoms with van der Waals surface area (Å²) in [6, 6.07) is 7.30. The van der Waals surface area contributed by atoms with Crippen LogP contribution in [0.25, 0.3) is 0 Å². The maximum absolute atomic E-state index is 13.1. The smallest absolute Gasteiger partial charge is 0.274 e. The van der Waals surface area contributed by atoms with E-state index in [1.54, 1.807) is 19.1 Å². The zero-order valence-electron chi connectivity index (χ0n) is 13.1. The van der Waals surface area contributed by atoms with Gasteiger partial charge < -0.3 is 10.6 Å². The minimum Gasteiger partial charge on any atom is -0.350 e. The fraction of sp³-hybridized carbons (Fsp3) is 0.312. The highest BCUT2D eigenvalue weighted by Crippen LogP contribution is 2.14. The van der Waals surface area contributed by atoms with Gasteiger partial charge in [-0.1, -0.05) is 6.07 Å². The number of hydrogen-bond donors (Lipinski definition) is 2. The molecule has 2 rings (SSSR count). The summed E-state index contributed by atoms with van der Waals surface area (Å²) < 4.78 is 13.1. The van der Waals surface area contributed by atoms with Crippen molar-refractivity contribution in [2.45, 2.75) is 33.2 Å². The quantitative estimate of drug-likeness (QED) is 0.912. The fourth-order valence-electron chi connectivity index (χ4n) is 1.84. The second-order valence-corrected chi connectivity index (χ2v) is 6.06. The molecule has 22 heavy (non-hydrogen) atoms. The van der Waals surface area contributed by atoms with E-state index in [9.17, 15) is 9.18 Å². The lowest BCUT2D eigenvalue weighted by atomic mass is 10.1. The first-order chi connectivity index (χ1) is 10.2. The van der Waals surface area contributed by atoms with Crippen molar-refractivity contribution in [1.29, 1.82) is 0 Å². The molecular weight excluding hydrogens is 283 g/mol. The number of anilines is 2. The monoisotopic (exact) mass is 302 g/mol. The third kappa shape index (κ3) is 4.51. The maximum Gasteiger partial charge on any atom is 0.274 e. The van der Waals surface area contributed by atoms with E-state index >= 15 is 0 Å². The van der Waals surface area contributed by atoms with Gasteiger partial charge in [0.25, 0.3) is 5.91 Å². The van der Waals surface area contributed by atoms with Gasteiger partial charge in [0.1, 0.15) is 11.5 Å². The SMILES string of the molecule is Cc1cc(C(=O)Nc2cccc(F)c2)nc(NC(C)(C)C)n1. The van der Waals surface area contributed by atoms with E-state index in [0.29, 0.717) is 17.3 Å². The van der Waals surface area contributed by atoms with Crippen LogP contribution >= 0.6 is 0 Å². The predicted octanol–water partition coefficient (Wildman–Crippen LogP) is 3.39. The van der Waals surface area contributed by atoms with Crippen LogP contribution in [0.3, 0.4) is 0 Å². The van der Waals surface area contributed by atoms with Crippen LogP contribution in [-0.2, 0) is 0 Å². The van der Waals surface area contributed by atoms with Gasteiger partial charge in [-0.05, 0) is 52.0 Å². The number of carbonyl (C=O) groups excluding carboxylic acids is 1. The molecule has 0 bridgehead atoms. The maximum atomic E-state index is 13.1. The summed E-state index contributed by atoms with van der Waals surface area (Å²) in [7, 11) is 0. The first-order valence-corrected chi connectivity index (χ1v) is 6.94. The van der Waals surface area contributed by atoms with Gasteiger partial charge in [0.2, 0.25) is 5.95 Å². The molecular formula is C16H19FN4O. The zero-order valence-corrected chi connectivity index (χ0v) is 13.1. The minimum absolute atomic E-state index is 0.218. The molecule has 6 heteroatoms. The number of rotatable bonds is 3. The Hall–Kier alpha value is -2.50. The number of halogens is 1. The van der Waals surface area contributed by atoms with Gasteiger partial charge in [0.05, 0.1) is 0 Å². The van der Waals surface area contributed by atoms with Crippen LogP contribution in [0.2, 0.25) is 0 Å². The van der Waals surface area contributed by atoms with E-state index in [0.717, 1.165) is 0 Å². The van der Waals surface area contributed by atoms with Crippen LogP contribution in [0.1, 0.15) is 37.0 Å². The molecule has 1 aromatic heterocycles. The topological polar surface area (TPSA) is 66.9 Å². The van der Waals surface area contributed by atoms with Crippen LogP contribution in [0, 0.1) is 12.7 Å². The van der Waals surface area contributed by atoms with Gasteiger partial charge in [-0.15, -0.1) is 0 Å². The highest BCUT2D eigenvalue weighted by molar-refractivity contribution is 6.03. The number of nitrogens with zero attached hydrogens (tertiary/aromatic N) is 2. The molecule has 0 saturated carbocycles. The van der Waals surface area contributed by atoms with E-state index in [1.807, 2.05) is 20.8 Å². The average molecular weight is 302 g/mol. The summed E-state index contributed by atoms with van der Waals surface area (Å²) in [5.74, 6) is -0.434. The normalized spacial score (nSPS) is 11.1. The van der Waals surface area contributed by atoms with Crippen LogP contribution in [0.5, 0.6) is 0 Å². The third-order valence-corrected chi connectivity index (χ3v) is 2.66. The molecule has 116 valence electrons. The molecule has 1 amide bonds. The van der Waals surface area contributed by atoms with Gasteiger partial charge in [-0.25, -0.2) is 14.4 Å². The van der Waals surface area contributed by atoms with Crippen LogP contribution in [0.4, 0.5) is 16.0 Å². The van der Waals surface area contributed by atoms with E-state index < -0.39 is 11.7 Å². The Bertz CT molecular complexity index is 695. The Balaban J connectivity index is 2.22. The Labute approximate surface area is 129 Å². The summed E-state index contributed by atoms with van der Waals surface area (Å²) in [5, 5.41) is 5.75. The summed E-state index contributed by atoms with van der Waals surface area (Å²) in [5.41, 5.74) is 1.06. The lowest BCUT2D eigenvalue weighted by Crippen LogP contribution is -2.28. The number of aromatic nitrogens is 2. The van der Waals surface area contributed by atoms with Crippen molar-refractivity contribution in [3.8, 4) is 0 Å². The van der Waals surface area contributed by atoms with Gasteiger partial charge in [-0.3, -0.25) is 4.79 Å². The Morgan fingerprint density at radius 3 is 2.55 bits per heavy atom. The number of carbonyl (C=O) groups is 1. The molecule has 0 unspecified atom stereocenters. The molecule has 1 heterocycles. The van der Waals surface area contributed by atoms with Gasteiger partial charge in [-0.2, -0.15) is 0 Å². The molecule has 1 aromatic carbocycles. The summed E-state index contributed by atoms with van der Waals surface area (Å²) in [6.45, 7) is 7.72. The zero-order chi connectivity index (χ0) is 16.3. The van der Waals surface area contributed by atoms with E-state index in [1.165, 1.54) is 18.2 Å². The number of aryl methyl sites for hydroxylation is 1. The molecule has 5 nitrogen and oxygen atoms in total. The Kier molecular flexibility index (Phi) is 4.40. The predicted molar refractivity (Wildman–Crippen MR) is 84.5 cm³/mol. The Morgan fingerprint density at radius 1 is 1.18 bits per heavy atom. The lowest BCUT2D eigenvalue weighted by molar-refractivity contribution is 0.102. The molecule has 0 saturated heterocycles. The average Bonchev–Trinajstić information content (AvgIpc) is 2.35. The van der Waals surface area contributed by atoms with Gasteiger partial charge in [0.15, 0.2) is 0 Å². The molecule has 0 aliphatic rings. The Morgan fingerprint density at radius 2 is 1.91 bits per heavy atom. The molecule has 0 radical (unpaired) electrons. The van der Waals surface area contributed by atoms with Crippen LogP contribution < -0.4 is 10.6 Å². The van der Waals surface area contributed by atoms with Crippen molar-refractivity contribution in [2.75, 3.05) is 10.6 Å². The minimum atomic E-state index is -0.410. The summed E-state index contributed by atoms with van der Waals surface area (Å²) >= 11 is 0. The fourth-order valence-corrected chi connectivity index (χ4v) is 1.84. The second kappa shape index (κ2) is 6.09. The molecule has 2 N–H and O–H groups in total. The number of benzene rings is 1. The van der Waals surface area contributed by atoms with Gasteiger partial charge in [0, 0.05) is 16.9 Å². The third-order valence-electron chi connectivity index (χ3n) is 2.66. The largest absolute Gasteiger partial charge is 0.350 e. The van der Waals surface area contributed by atoms with Crippen molar-refractivity contribution >= 4 is 17.5 Å². The summed E-state index contributed by atoms with van der Waals surface area (Å²) in [4.78, 5) is 20.7. The van der Waals surface area contributed by atoms with E-state index in [-0.39, 0.29) is 11.2 Å².